The van der Waals surface area contributed by atoms with Crippen LogP contribution in [0.15, 0.2) is 23.2 Å². The molecule has 1 aromatic carbocycles. The highest BCUT2D eigenvalue weighted by Crippen LogP contribution is 2.25. The van der Waals surface area contributed by atoms with Crippen LogP contribution in [0.3, 0.4) is 0 Å². The van der Waals surface area contributed by atoms with Gasteiger partial charge in [-0.1, -0.05) is 17.7 Å². The van der Waals surface area contributed by atoms with Crippen LogP contribution in [0.5, 0.6) is 5.75 Å². The molecule has 0 aliphatic rings. The highest BCUT2D eigenvalue weighted by Gasteiger charge is 2.14. The van der Waals surface area contributed by atoms with Gasteiger partial charge in [-0.15, -0.1) is 34.2 Å². The molecule has 1 aromatic heterocycles. The van der Waals surface area contributed by atoms with Gasteiger partial charge in [0.1, 0.15) is 18.1 Å². The first-order valence-electron chi connectivity index (χ1n) is 9.49. The molecule has 2 N–H and O–H groups in total. The van der Waals surface area contributed by atoms with Gasteiger partial charge in [0.2, 0.25) is 0 Å². The summed E-state index contributed by atoms with van der Waals surface area (Å²) >= 11 is 0. The van der Waals surface area contributed by atoms with Crippen LogP contribution in [0.1, 0.15) is 42.2 Å². The summed E-state index contributed by atoms with van der Waals surface area (Å²) in [4.78, 5) is 4.70. The minimum atomic E-state index is 0. The first kappa shape index (κ1) is 25.2. The third-order valence-electron chi connectivity index (χ3n) is 4.58. The number of hydrogen-bond acceptors (Lipinski definition) is 5. The SMILES string of the molecule is COCCCNC(=NCc1nnc(C)n1C)NC(C)c1cc(C)ccc1OC.I. The molecule has 0 amide bonds. The third kappa shape index (κ3) is 7.46. The van der Waals surface area contributed by atoms with Crippen LogP contribution >= 0.6 is 24.0 Å². The summed E-state index contributed by atoms with van der Waals surface area (Å²) in [6, 6.07) is 6.19. The second kappa shape index (κ2) is 12.6. The molecule has 0 spiro atoms. The number of aliphatic imine (C=N–C) groups is 1. The van der Waals surface area contributed by atoms with Crippen molar-refractivity contribution in [2.24, 2.45) is 12.0 Å². The summed E-state index contributed by atoms with van der Waals surface area (Å²) in [5, 5.41) is 15.1. The van der Waals surface area contributed by atoms with Crippen molar-refractivity contribution >= 4 is 29.9 Å². The number of guanidine groups is 1. The van der Waals surface area contributed by atoms with E-state index in [1.54, 1.807) is 14.2 Å². The van der Waals surface area contributed by atoms with Gasteiger partial charge < -0.3 is 24.7 Å². The first-order chi connectivity index (χ1) is 13.5. The van der Waals surface area contributed by atoms with E-state index in [1.807, 2.05) is 30.7 Å². The summed E-state index contributed by atoms with van der Waals surface area (Å²) in [6.07, 6.45) is 0.891. The maximum Gasteiger partial charge on any atom is 0.192 e. The Morgan fingerprint density at radius 2 is 2.00 bits per heavy atom. The lowest BCUT2D eigenvalue weighted by Gasteiger charge is -2.21. The number of aryl methyl sites for hydroxylation is 2. The number of halogens is 1. The van der Waals surface area contributed by atoms with Gasteiger partial charge in [0, 0.05) is 32.9 Å². The molecule has 162 valence electrons. The molecule has 0 saturated heterocycles. The molecule has 1 atom stereocenters. The molecule has 0 aliphatic heterocycles. The summed E-state index contributed by atoms with van der Waals surface area (Å²) in [5.74, 6) is 3.25. The molecule has 1 heterocycles. The van der Waals surface area contributed by atoms with Crippen LogP contribution < -0.4 is 15.4 Å². The maximum atomic E-state index is 5.53. The van der Waals surface area contributed by atoms with Crippen molar-refractivity contribution in [2.45, 2.75) is 39.8 Å². The van der Waals surface area contributed by atoms with Gasteiger partial charge in [0.25, 0.3) is 0 Å². The summed E-state index contributed by atoms with van der Waals surface area (Å²) in [7, 11) is 5.34. The Bertz CT molecular complexity index is 793. The smallest absolute Gasteiger partial charge is 0.192 e. The molecule has 0 radical (unpaired) electrons. The Labute approximate surface area is 190 Å². The molecule has 0 bridgehead atoms. The minimum Gasteiger partial charge on any atom is -0.496 e. The lowest BCUT2D eigenvalue weighted by molar-refractivity contribution is 0.195. The number of methoxy groups -OCH3 is 2. The van der Waals surface area contributed by atoms with Crippen molar-refractivity contribution in [1.29, 1.82) is 0 Å². The highest BCUT2D eigenvalue weighted by atomic mass is 127. The topological polar surface area (TPSA) is 85.6 Å². The molecule has 29 heavy (non-hydrogen) atoms. The molecule has 0 saturated carbocycles. The largest absolute Gasteiger partial charge is 0.496 e. The molecule has 0 fully saturated rings. The number of ether oxygens (including phenoxy) is 2. The van der Waals surface area contributed by atoms with Crippen molar-refractivity contribution < 1.29 is 9.47 Å². The van der Waals surface area contributed by atoms with E-state index in [9.17, 15) is 0 Å². The van der Waals surface area contributed by atoms with Crippen LogP contribution in [0, 0.1) is 13.8 Å². The molecule has 1 unspecified atom stereocenters. The fourth-order valence-corrected chi connectivity index (χ4v) is 2.79. The second-order valence-electron chi connectivity index (χ2n) is 6.77. The van der Waals surface area contributed by atoms with Crippen molar-refractivity contribution in [1.82, 2.24) is 25.4 Å². The van der Waals surface area contributed by atoms with Gasteiger partial charge in [-0.05, 0) is 33.3 Å². The Morgan fingerprint density at radius 1 is 1.24 bits per heavy atom. The van der Waals surface area contributed by atoms with Crippen molar-refractivity contribution in [3.05, 3.63) is 41.0 Å². The molecular weight excluding hydrogens is 483 g/mol. The Balaban J connectivity index is 0.00000420. The van der Waals surface area contributed by atoms with Gasteiger partial charge >= 0.3 is 0 Å². The molecule has 2 rings (SSSR count). The number of aromatic nitrogens is 3. The fraction of sp³-hybridized carbons (Fsp3) is 0.550. The van der Waals surface area contributed by atoms with Crippen LogP contribution in [-0.2, 0) is 18.3 Å². The monoisotopic (exact) mass is 516 g/mol. The van der Waals surface area contributed by atoms with Gasteiger partial charge in [0.05, 0.1) is 13.2 Å². The van der Waals surface area contributed by atoms with Crippen LogP contribution in [-0.4, -0.2) is 48.1 Å². The van der Waals surface area contributed by atoms with Crippen LogP contribution in [0.25, 0.3) is 0 Å². The van der Waals surface area contributed by atoms with E-state index in [1.165, 1.54) is 5.56 Å². The quantitative estimate of drug-likeness (QED) is 0.231. The van der Waals surface area contributed by atoms with Crippen molar-refractivity contribution in [2.75, 3.05) is 27.4 Å². The molecule has 9 heteroatoms. The Hall–Kier alpha value is -1.88. The number of nitrogens with one attached hydrogen (secondary N) is 2. The molecular formula is C20H33IN6O2. The highest BCUT2D eigenvalue weighted by molar-refractivity contribution is 14.0. The van der Waals surface area contributed by atoms with E-state index in [4.69, 9.17) is 14.5 Å². The van der Waals surface area contributed by atoms with Gasteiger partial charge in [-0.3, -0.25) is 0 Å². The van der Waals surface area contributed by atoms with E-state index in [0.29, 0.717) is 19.1 Å². The predicted molar refractivity (Wildman–Crippen MR) is 126 cm³/mol. The zero-order valence-electron chi connectivity index (χ0n) is 18.2. The average molecular weight is 516 g/mol. The number of benzene rings is 1. The lowest BCUT2D eigenvalue weighted by Crippen LogP contribution is -2.39. The van der Waals surface area contributed by atoms with Crippen LogP contribution in [0.4, 0.5) is 0 Å². The summed E-state index contributed by atoms with van der Waals surface area (Å²) in [6.45, 7) is 7.99. The van der Waals surface area contributed by atoms with Crippen LogP contribution in [0.2, 0.25) is 0 Å². The number of hydrogen-bond donors (Lipinski definition) is 2. The standard InChI is InChI=1S/C20H32N6O2.HI/c1-14-8-9-18(28-6)17(12-14)15(2)23-20(21-10-7-11-27-5)22-13-19-25-24-16(3)26(19)4;/h8-9,12,15H,7,10-11,13H2,1-6H3,(H2,21,22,23);1H. The maximum absolute atomic E-state index is 5.53. The van der Waals surface area contributed by atoms with Crippen molar-refractivity contribution in [3.8, 4) is 5.75 Å². The van der Waals surface area contributed by atoms with Crippen molar-refractivity contribution in [3.63, 3.8) is 0 Å². The zero-order chi connectivity index (χ0) is 20.5. The second-order valence-corrected chi connectivity index (χ2v) is 6.77. The third-order valence-corrected chi connectivity index (χ3v) is 4.58. The summed E-state index contributed by atoms with van der Waals surface area (Å²) < 4.78 is 12.6. The lowest BCUT2D eigenvalue weighted by atomic mass is 10.0. The van der Waals surface area contributed by atoms with E-state index < -0.39 is 0 Å². The van der Waals surface area contributed by atoms with E-state index in [0.717, 1.165) is 35.9 Å². The first-order valence-corrected chi connectivity index (χ1v) is 9.49. The molecule has 0 aliphatic carbocycles. The average Bonchev–Trinajstić information content (AvgIpc) is 3.01. The summed E-state index contributed by atoms with van der Waals surface area (Å²) in [5.41, 5.74) is 2.27. The Morgan fingerprint density at radius 3 is 2.62 bits per heavy atom. The minimum absolute atomic E-state index is 0. The van der Waals surface area contributed by atoms with Gasteiger partial charge in [-0.25, -0.2) is 4.99 Å². The molecule has 2 aromatic rings. The normalized spacial score (nSPS) is 12.3. The van der Waals surface area contributed by atoms with E-state index >= 15 is 0 Å². The fourth-order valence-electron chi connectivity index (χ4n) is 2.79. The van der Waals surface area contributed by atoms with E-state index in [-0.39, 0.29) is 30.0 Å². The van der Waals surface area contributed by atoms with Gasteiger partial charge in [-0.2, -0.15) is 0 Å². The Kier molecular flexibility index (Phi) is 11.0. The number of rotatable bonds is 9. The molecule has 8 nitrogen and oxygen atoms in total. The van der Waals surface area contributed by atoms with E-state index in [2.05, 4.69) is 40.7 Å². The zero-order valence-corrected chi connectivity index (χ0v) is 20.5. The van der Waals surface area contributed by atoms with Gasteiger partial charge in [0.15, 0.2) is 11.8 Å². The predicted octanol–water partition coefficient (Wildman–Crippen LogP) is 2.89. The number of nitrogens with zero attached hydrogens (tertiary/aromatic N) is 4.